The molecule has 30 heavy (non-hydrogen) atoms. The molecular formula is C23H41IN4O2. The van der Waals surface area contributed by atoms with Gasteiger partial charge in [0.1, 0.15) is 5.75 Å². The molecule has 172 valence electrons. The molecule has 1 heterocycles. The van der Waals surface area contributed by atoms with E-state index >= 15 is 0 Å². The van der Waals surface area contributed by atoms with E-state index in [1.807, 2.05) is 12.1 Å². The summed E-state index contributed by atoms with van der Waals surface area (Å²) < 4.78 is 10.5. The quantitative estimate of drug-likeness (QED) is 0.209. The lowest BCUT2D eigenvalue weighted by atomic mass is 9.84. The number of piperidine rings is 1. The number of rotatable bonds is 10. The van der Waals surface area contributed by atoms with Crippen LogP contribution in [0.25, 0.3) is 0 Å². The maximum atomic E-state index is 5.38. The molecule has 0 spiro atoms. The van der Waals surface area contributed by atoms with Gasteiger partial charge in [-0.1, -0.05) is 26.0 Å². The van der Waals surface area contributed by atoms with Crippen molar-refractivity contribution in [2.75, 3.05) is 53.6 Å². The molecule has 2 N–H and O–H groups in total. The van der Waals surface area contributed by atoms with Gasteiger partial charge < -0.3 is 25.0 Å². The van der Waals surface area contributed by atoms with Gasteiger partial charge >= 0.3 is 0 Å². The van der Waals surface area contributed by atoms with E-state index in [9.17, 15) is 0 Å². The topological polar surface area (TPSA) is 58.1 Å². The highest BCUT2D eigenvalue weighted by molar-refractivity contribution is 14.0. The van der Waals surface area contributed by atoms with E-state index in [-0.39, 0.29) is 29.4 Å². The van der Waals surface area contributed by atoms with Crippen molar-refractivity contribution in [3.05, 3.63) is 29.8 Å². The molecule has 0 amide bonds. The number of hydrogen-bond acceptors (Lipinski definition) is 4. The zero-order valence-electron chi connectivity index (χ0n) is 19.4. The Morgan fingerprint density at radius 3 is 2.60 bits per heavy atom. The molecule has 0 bridgehead atoms. The van der Waals surface area contributed by atoms with Gasteiger partial charge in [-0.15, -0.1) is 24.0 Å². The molecule has 2 rings (SSSR count). The summed E-state index contributed by atoms with van der Waals surface area (Å²) in [6.07, 6.45) is 3.41. The molecule has 1 aliphatic heterocycles. The van der Waals surface area contributed by atoms with E-state index in [1.54, 1.807) is 14.2 Å². The first-order valence-corrected chi connectivity index (χ1v) is 10.9. The van der Waals surface area contributed by atoms with E-state index in [0.717, 1.165) is 63.8 Å². The number of nitrogens with one attached hydrogen (secondary N) is 2. The van der Waals surface area contributed by atoms with Crippen LogP contribution in [0.3, 0.4) is 0 Å². The van der Waals surface area contributed by atoms with Crippen LogP contribution >= 0.6 is 24.0 Å². The summed E-state index contributed by atoms with van der Waals surface area (Å²) in [4.78, 5) is 7.45. The Morgan fingerprint density at radius 2 is 1.97 bits per heavy atom. The number of hydrogen-bond donors (Lipinski definition) is 2. The molecule has 0 atom stereocenters. The van der Waals surface area contributed by atoms with Gasteiger partial charge in [0.05, 0.1) is 13.7 Å². The average Bonchev–Trinajstić information content (AvgIpc) is 2.74. The molecule has 0 saturated carbocycles. The Bertz CT molecular complexity index is 631. The minimum absolute atomic E-state index is 0. The summed E-state index contributed by atoms with van der Waals surface area (Å²) in [7, 11) is 3.48. The first-order chi connectivity index (χ1) is 14.0. The highest BCUT2D eigenvalue weighted by atomic mass is 127. The largest absolute Gasteiger partial charge is 0.497 e. The van der Waals surface area contributed by atoms with Crippen LogP contribution in [0.15, 0.2) is 29.3 Å². The fourth-order valence-electron chi connectivity index (χ4n) is 3.66. The summed E-state index contributed by atoms with van der Waals surface area (Å²) in [5.74, 6) is 1.81. The monoisotopic (exact) mass is 532 g/mol. The van der Waals surface area contributed by atoms with Crippen LogP contribution in [0.4, 0.5) is 0 Å². The zero-order valence-corrected chi connectivity index (χ0v) is 21.7. The molecule has 0 radical (unpaired) electrons. The minimum Gasteiger partial charge on any atom is -0.497 e. The van der Waals surface area contributed by atoms with Gasteiger partial charge in [-0.3, -0.25) is 4.99 Å². The van der Waals surface area contributed by atoms with Crippen LogP contribution in [-0.4, -0.2) is 70.5 Å². The van der Waals surface area contributed by atoms with Crippen LogP contribution < -0.4 is 15.4 Å². The number of likely N-dealkylation sites (tertiary alicyclic amines) is 1. The summed E-state index contributed by atoms with van der Waals surface area (Å²) in [5, 5.41) is 7.07. The number of halogens is 1. The smallest absolute Gasteiger partial charge is 0.191 e. The maximum Gasteiger partial charge on any atom is 0.191 e. The van der Waals surface area contributed by atoms with Crippen LogP contribution in [-0.2, 0) is 10.2 Å². The Morgan fingerprint density at radius 1 is 1.23 bits per heavy atom. The second-order valence-electron chi connectivity index (χ2n) is 8.42. The normalized spacial score (nSPS) is 16.1. The maximum absolute atomic E-state index is 5.38. The predicted molar refractivity (Wildman–Crippen MR) is 137 cm³/mol. The molecule has 0 unspecified atom stereocenters. The lowest BCUT2D eigenvalue weighted by molar-refractivity contribution is 0.155. The predicted octanol–water partition coefficient (Wildman–Crippen LogP) is 3.65. The van der Waals surface area contributed by atoms with E-state index in [1.165, 1.54) is 5.56 Å². The van der Waals surface area contributed by atoms with Crippen molar-refractivity contribution in [1.82, 2.24) is 15.5 Å². The number of nitrogens with zero attached hydrogens (tertiary/aromatic N) is 2. The van der Waals surface area contributed by atoms with Crippen LogP contribution in [0.1, 0.15) is 45.6 Å². The second-order valence-corrected chi connectivity index (χ2v) is 8.42. The second kappa shape index (κ2) is 14.1. The summed E-state index contributed by atoms with van der Waals surface area (Å²) in [6.45, 7) is 12.4. The number of aliphatic imine (C=N–C) groups is 1. The lowest BCUT2D eigenvalue weighted by Gasteiger charge is -2.33. The molecule has 1 fully saturated rings. The van der Waals surface area contributed by atoms with E-state index in [4.69, 9.17) is 14.5 Å². The van der Waals surface area contributed by atoms with Crippen molar-refractivity contribution in [3.63, 3.8) is 0 Å². The van der Waals surface area contributed by atoms with E-state index in [0.29, 0.717) is 12.6 Å². The van der Waals surface area contributed by atoms with Crippen LogP contribution in [0.2, 0.25) is 0 Å². The standard InChI is InChI=1S/C23H40N4O2.HI/c1-6-24-22(26-20-11-14-27(15-12-20)13-8-16-28-4)25-18-23(2,3)19-9-7-10-21(17-19)29-5;/h7,9-10,17,20H,6,8,11-16,18H2,1-5H3,(H2,24,25,26);1H. The molecule has 1 aromatic carbocycles. The summed E-state index contributed by atoms with van der Waals surface area (Å²) >= 11 is 0. The van der Waals surface area contributed by atoms with Gasteiger partial charge in [0.25, 0.3) is 0 Å². The number of benzene rings is 1. The Balaban J connectivity index is 0.00000450. The highest BCUT2D eigenvalue weighted by Gasteiger charge is 2.23. The van der Waals surface area contributed by atoms with Gasteiger partial charge in [0.2, 0.25) is 0 Å². The number of guanidine groups is 1. The molecule has 1 aromatic rings. The highest BCUT2D eigenvalue weighted by Crippen LogP contribution is 2.26. The molecule has 1 saturated heterocycles. The molecular weight excluding hydrogens is 491 g/mol. The Labute approximate surface area is 200 Å². The van der Waals surface area contributed by atoms with E-state index < -0.39 is 0 Å². The lowest BCUT2D eigenvalue weighted by Crippen LogP contribution is -2.49. The van der Waals surface area contributed by atoms with Gasteiger partial charge in [-0.25, -0.2) is 0 Å². The third kappa shape index (κ3) is 8.98. The summed E-state index contributed by atoms with van der Waals surface area (Å²) in [6, 6.07) is 8.76. The fourth-order valence-corrected chi connectivity index (χ4v) is 3.66. The van der Waals surface area contributed by atoms with Crippen LogP contribution in [0, 0.1) is 0 Å². The Hall–Kier alpha value is -1.06. The minimum atomic E-state index is -0.0679. The first-order valence-electron chi connectivity index (χ1n) is 10.9. The average molecular weight is 533 g/mol. The Kier molecular flexibility index (Phi) is 12.7. The SMILES string of the molecule is CCNC(=NCC(C)(C)c1cccc(OC)c1)NC1CCN(CCCOC)CC1.I. The van der Waals surface area contributed by atoms with Gasteiger partial charge in [-0.2, -0.15) is 0 Å². The summed E-state index contributed by atoms with van der Waals surface area (Å²) in [5.41, 5.74) is 1.17. The molecule has 0 aliphatic carbocycles. The van der Waals surface area contributed by atoms with Crippen molar-refractivity contribution in [3.8, 4) is 5.75 Å². The zero-order chi connectivity index (χ0) is 21.1. The van der Waals surface area contributed by atoms with Crippen molar-refractivity contribution in [1.29, 1.82) is 0 Å². The third-order valence-corrected chi connectivity index (χ3v) is 5.58. The van der Waals surface area contributed by atoms with Gasteiger partial charge in [-0.05, 0) is 43.9 Å². The number of methoxy groups -OCH3 is 2. The third-order valence-electron chi connectivity index (χ3n) is 5.58. The number of ether oxygens (including phenoxy) is 2. The van der Waals surface area contributed by atoms with Crippen molar-refractivity contribution >= 4 is 29.9 Å². The van der Waals surface area contributed by atoms with E-state index in [2.05, 4.69) is 48.4 Å². The first kappa shape index (κ1) is 27.0. The van der Waals surface area contributed by atoms with Crippen molar-refractivity contribution in [2.45, 2.75) is 51.5 Å². The van der Waals surface area contributed by atoms with Crippen molar-refractivity contribution in [2.24, 2.45) is 4.99 Å². The fraction of sp³-hybridized carbons (Fsp3) is 0.696. The van der Waals surface area contributed by atoms with Crippen LogP contribution in [0.5, 0.6) is 5.75 Å². The molecule has 1 aliphatic rings. The van der Waals surface area contributed by atoms with Gasteiger partial charge in [0.15, 0.2) is 5.96 Å². The molecule has 0 aromatic heterocycles. The van der Waals surface area contributed by atoms with Crippen molar-refractivity contribution < 1.29 is 9.47 Å². The molecule has 6 nitrogen and oxygen atoms in total. The molecule has 7 heteroatoms. The van der Waals surface area contributed by atoms with Gasteiger partial charge in [0, 0.05) is 51.4 Å².